The number of amides is 1. The Labute approximate surface area is 137 Å². The zero-order chi connectivity index (χ0) is 15.8. The minimum absolute atomic E-state index is 0.0465. The second-order valence-corrected chi connectivity index (χ2v) is 5.89. The summed E-state index contributed by atoms with van der Waals surface area (Å²) in [7, 11) is 1.72. The van der Waals surface area contributed by atoms with Gasteiger partial charge in [0.05, 0.1) is 13.2 Å². The van der Waals surface area contributed by atoms with Crippen molar-refractivity contribution in [1.82, 2.24) is 15.1 Å². The highest BCUT2D eigenvalue weighted by Gasteiger charge is 2.18. The van der Waals surface area contributed by atoms with Gasteiger partial charge in [-0.25, -0.2) is 0 Å². The molecule has 0 spiro atoms. The van der Waals surface area contributed by atoms with Gasteiger partial charge in [0.2, 0.25) is 5.91 Å². The fourth-order valence-electron chi connectivity index (χ4n) is 2.49. The van der Waals surface area contributed by atoms with Gasteiger partial charge in [0.15, 0.2) is 0 Å². The number of benzene rings is 1. The van der Waals surface area contributed by atoms with Crippen LogP contribution in [0.3, 0.4) is 0 Å². The van der Waals surface area contributed by atoms with Crippen LogP contribution >= 0.6 is 11.6 Å². The van der Waals surface area contributed by atoms with Gasteiger partial charge in [-0.1, -0.05) is 29.8 Å². The summed E-state index contributed by atoms with van der Waals surface area (Å²) >= 11 is 6.08. The molecule has 122 valence electrons. The number of ether oxygens (including phenoxy) is 1. The zero-order valence-electron chi connectivity index (χ0n) is 13.1. The maximum absolute atomic E-state index is 12.0. The Balaban J connectivity index is 1.67. The number of carbonyl (C=O) groups excluding carboxylic acids is 1. The first-order chi connectivity index (χ1) is 10.7. The topological polar surface area (TPSA) is 44.8 Å². The number of rotatable bonds is 7. The van der Waals surface area contributed by atoms with E-state index in [1.54, 1.807) is 7.11 Å². The third-order valence-electron chi connectivity index (χ3n) is 3.88. The van der Waals surface area contributed by atoms with Crippen LogP contribution in [0.2, 0.25) is 5.02 Å². The largest absolute Gasteiger partial charge is 0.383 e. The number of carbonyl (C=O) groups is 1. The van der Waals surface area contributed by atoms with E-state index in [1.165, 1.54) is 0 Å². The van der Waals surface area contributed by atoms with Crippen LogP contribution in [0.1, 0.15) is 5.56 Å². The molecule has 1 amide bonds. The van der Waals surface area contributed by atoms with Gasteiger partial charge in [-0.3, -0.25) is 14.6 Å². The lowest BCUT2D eigenvalue weighted by Crippen LogP contribution is -2.50. The predicted molar refractivity (Wildman–Crippen MR) is 88.1 cm³/mol. The first-order valence-electron chi connectivity index (χ1n) is 7.63. The molecular weight excluding hydrogens is 302 g/mol. The maximum atomic E-state index is 12.0. The predicted octanol–water partition coefficient (Wildman–Crippen LogP) is 1.22. The van der Waals surface area contributed by atoms with E-state index >= 15 is 0 Å². The zero-order valence-corrected chi connectivity index (χ0v) is 13.8. The van der Waals surface area contributed by atoms with E-state index in [1.807, 2.05) is 24.3 Å². The molecule has 1 fully saturated rings. The Morgan fingerprint density at radius 2 is 1.91 bits per heavy atom. The van der Waals surface area contributed by atoms with E-state index < -0.39 is 0 Å². The van der Waals surface area contributed by atoms with Gasteiger partial charge in [0, 0.05) is 51.4 Å². The molecule has 1 aliphatic rings. The Bertz CT molecular complexity index is 476. The molecule has 22 heavy (non-hydrogen) atoms. The van der Waals surface area contributed by atoms with Gasteiger partial charge in [0.1, 0.15) is 0 Å². The van der Waals surface area contributed by atoms with Gasteiger partial charge in [-0.2, -0.15) is 0 Å². The molecule has 1 saturated heterocycles. The SMILES string of the molecule is COCCN1CCN(CC(=O)NCc2ccccc2Cl)CC1. The van der Waals surface area contributed by atoms with Gasteiger partial charge in [-0.05, 0) is 11.6 Å². The van der Waals surface area contributed by atoms with E-state index in [0.29, 0.717) is 18.1 Å². The highest BCUT2D eigenvalue weighted by molar-refractivity contribution is 6.31. The summed E-state index contributed by atoms with van der Waals surface area (Å²) in [6.45, 7) is 6.46. The first-order valence-corrected chi connectivity index (χ1v) is 8.00. The normalized spacial score (nSPS) is 16.6. The number of piperazine rings is 1. The van der Waals surface area contributed by atoms with Crippen LogP contribution in [0.25, 0.3) is 0 Å². The average Bonchev–Trinajstić information content (AvgIpc) is 2.53. The second kappa shape index (κ2) is 9.10. The Morgan fingerprint density at radius 3 is 2.59 bits per heavy atom. The Morgan fingerprint density at radius 1 is 1.23 bits per heavy atom. The van der Waals surface area contributed by atoms with Crippen molar-refractivity contribution in [2.75, 3.05) is 53.0 Å². The second-order valence-electron chi connectivity index (χ2n) is 5.48. The monoisotopic (exact) mass is 325 g/mol. The molecule has 1 aromatic carbocycles. The summed E-state index contributed by atoms with van der Waals surface area (Å²) in [5.74, 6) is 0.0465. The van der Waals surface area contributed by atoms with E-state index in [4.69, 9.17) is 16.3 Å². The Kier molecular flexibility index (Phi) is 7.12. The summed E-state index contributed by atoms with van der Waals surface area (Å²) in [6.07, 6.45) is 0. The molecule has 0 aromatic heterocycles. The van der Waals surface area contributed by atoms with E-state index in [2.05, 4.69) is 15.1 Å². The molecule has 1 heterocycles. The van der Waals surface area contributed by atoms with Crippen molar-refractivity contribution in [3.63, 3.8) is 0 Å². The van der Waals surface area contributed by atoms with Gasteiger partial charge in [0.25, 0.3) is 0 Å². The van der Waals surface area contributed by atoms with Crippen molar-refractivity contribution < 1.29 is 9.53 Å². The third kappa shape index (κ3) is 5.57. The van der Waals surface area contributed by atoms with Crippen molar-refractivity contribution in [3.8, 4) is 0 Å². The van der Waals surface area contributed by atoms with Gasteiger partial charge >= 0.3 is 0 Å². The van der Waals surface area contributed by atoms with Crippen LogP contribution in [0.15, 0.2) is 24.3 Å². The summed E-state index contributed by atoms with van der Waals surface area (Å²) in [6, 6.07) is 7.57. The summed E-state index contributed by atoms with van der Waals surface area (Å²) in [5, 5.41) is 3.62. The van der Waals surface area contributed by atoms with E-state index in [0.717, 1.165) is 44.9 Å². The highest BCUT2D eigenvalue weighted by atomic mass is 35.5. The van der Waals surface area contributed by atoms with E-state index in [9.17, 15) is 4.79 Å². The van der Waals surface area contributed by atoms with Crippen molar-refractivity contribution in [2.24, 2.45) is 0 Å². The minimum atomic E-state index is 0.0465. The molecule has 5 nitrogen and oxygen atoms in total. The molecule has 0 bridgehead atoms. The maximum Gasteiger partial charge on any atom is 0.234 e. The third-order valence-corrected chi connectivity index (χ3v) is 4.25. The van der Waals surface area contributed by atoms with Crippen molar-refractivity contribution in [2.45, 2.75) is 6.54 Å². The summed E-state index contributed by atoms with van der Waals surface area (Å²) < 4.78 is 5.09. The molecule has 0 saturated carbocycles. The van der Waals surface area contributed by atoms with Crippen molar-refractivity contribution in [3.05, 3.63) is 34.9 Å². The number of hydrogen-bond donors (Lipinski definition) is 1. The highest BCUT2D eigenvalue weighted by Crippen LogP contribution is 2.14. The van der Waals surface area contributed by atoms with Crippen LogP contribution in [-0.4, -0.2) is 68.7 Å². The number of nitrogens with one attached hydrogen (secondary N) is 1. The molecular formula is C16H24ClN3O2. The van der Waals surface area contributed by atoms with E-state index in [-0.39, 0.29) is 5.91 Å². The molecule has 6 heteroatoms. The Hall–Kier alpha value is -1.14. The van der Waals surface area contributed by atoms with Gasteiger partial charge in [-0.15, -0.1) is 0 Å². The molecule has 0 atom stereocenters. The molecule has 2 rings (SSSR count). The lowest BCUT2D eigenvalue weighted by atomic mass is 10.2. The number of halogens is 1. The van der Waals surface area contributed by atoms with Crippen LogP contribution in [0, 0.1) is 0 Å². The van der Waals surface area contributed by atoms with Crippen LogP contribution in [0.4, 0.5) is 0 Å². The van der Waals surface area contributed by atoms with Crippen molar-refractivity contribution in [1.29, 1.82) is 0 Å². The van der Waals surface area contributed by atoms with Crippen LogP contribution in [0.5, 0.6) is 0 Å². The standard InChI is InChI=1S/C16H24ClN3O2/c1-22-11-10-19-6-8-20(9-7-19)13-16(21)18-12-14-4-2-3-5-15(14)17/h2-5H,6-13H2,1H3,(H,18,21). The number of nitrogens with zero attached hydrogens (tertiary/aromatic N) is 2. The molecule has 1 aromatic rings. The lowest BCUT2D eigenvalue weighted by Gasteiger charge is -2.34. The lowest BCUT2D eigenvalue weighted by molar-refractivity contribution is -0.122. The average molecular weight is 326 g/mol. The molecule has 1 N–H and O–H groups in total. The molecule has 0 aliphatic carbocycles. The fraction of sp³-hybridized carbons (Fsp3) is 0.562. The minimum Gasteiger partial charge on any atom is -0.383 e. The fourth-order valence-corrected chi connectivity index (χ4v) is 2.69. The summed E-state index contributed by atoms with van der Waals surface area (Å²) in [5.41, 5.74) is 0.946. The van der Waals surface area contributed by atoms with Crippen molar-refractivity contribution >= 4 is 17.5 Å². The quantitative estimate of drug-likeness (QED) is 0.819. The van der Waals surface area contributed by atoms with Crippen LogP contribution in [-0.2, 0) is 16.1 Å². The number of hydrogen-bond acceptors (Lipinski definition) is 4. The molecule has 1 aliphatic heterocycles. The van der Waals surface area contributed by atoms with Crippen LogP contribution < -0.4 is 5.32 Å². The number of methoxy groups -OCH3 is 1. The molecule has 0 unspecified atom stereocenters. The summed E-state index contributed by atoms with van der Waals surface area (Å²) in [4.78, 5) is 16.6. The van der Waals surface area contributed by atoms with Gasteiger partial charge < -0.3 is 10.1 Å². The smallest absolute Gasteiger partial charge is 0.234 e. The first kappa shape index (κ1) is 17.2. The molecule has 0 radical (unpaired) electrons.